The molecule has 0 aliphatic carbocycles. The van der Waals surface area contributed by atoms with Gasteiger partial charge in [0.05, 0.1) is 38.0 Å². The van der Waals surface area contributed by atoms with Gasteiger partial charge in [0.25, 0.3) is 0 Å². The number of rotatable bonds is 31. The number of hydrogen-bond acceptors (Lipinski definition) is 4. The van der Waals surface area contributed by atoms with Crippen molar-refractivity contribution in [3.63, 3.8) is 0 Å². The fourth-order valence-electron chi connectivity index (χ4n) is 5.73. The molecule has 2 N–H and O–H groups in total. The van der Waals surface area contributed by atoms with E-state index in [2.05, 4.69) is 19.1 Å². The van der Waals surface area contributed by atoms with Crippen LogP contribution in [0.2, 0.25) is 0 Å². The van der Waals surface area contributed by atoms with Crippen LogP contribution in [-0.4, -0.2) is 58.8 Å². The van der Waals surface area contributed by atoms with E-state index in [1.165, 1.54) is 89.9 Å². The van der Waals surface area contributed by atoms with E-state index in [9.17, 15) is 29.7 Å². The monoisotopic (exact) mass is 609 g/mol. The van der Waals surface area contributed by atoms with Crippen molar-refractivity contribution in [3.8, 4) is 0 Å². The second-order valence-corrected chi connectivity index (χ2v) is 13.3. The molecule has 0 heterocycles. The van der Waals surface area contributed by atoms with E-state index < -0.39 is 35.7 Å². The van der Waals surface area contributed by atoms with E-state index in [-0.39, 0.29) is 0 Å². The average molecular weight is 610 g/mol. The normalized spacial score (nSPS) is 15.3. The molecule has 0 aliphatic heterocycles. The van der Waals surface area contributed by atoms with Crippen LogP contribution in [0.15, 0.2) is 12.2 Å². The van der Waals surface area contributed by atoms with Crippen molar-refractivity contribution in [1.82, 2.24) is 0 Å². The summed E-state index contributed by atoms with van der Waals surface area (Å²) < 4.78 is 0.586. The molecule has 0 aliphatic rings. The summed E-state index contributed by atoms with van der Waals surface area (Å²) in [6.07, 6.45) is 27.7. The zero-order valence-corrected chi connectivity index (χ0v) is 28.3. The van der Waals surface area contributed by atoms with Gasteiger partial charge in [-0.05, 0) is 32.1 Å². The van der Waals surface area contributed by atoms with Crippen LogP contribution in [0.1, 0.15) is 156 Å². The molecule has 3 atom stereocenters. The minimum Gasteiger partial charge on any atom is -0.550 e. The number of allylic oxidation sites excluding steroid dienone is 2. The van der Waals surface area contributed by atoms with Crippen molar-refractivity contribution < 1.29 is 34.2 Å². The van der Waals surface area contributed by atoms with Gasteiger partial charge in [0, 0.05) is 31.1 Å². The van der Waals surface area contributed by atoms with Gasteiger partial charge in [-0.2, -0.15) is 0 Å². The molecule has 0 amide bonds. The van der Waals surface area contributed by atoms with Crippen LogP contribution in [-0.2, 0) is 14.4 Å². The molecule has 0 aromatic rings. The third-order valence-electron chi connectivity index (χ3n) is 9.26. The first kappa shape index (κ1) is 41.1. The minimum atomic E-state index is -1.07. The predicted molar refractivity (Wildman–Crippen MR) is 175 cm³/mol. The van der Waals surface area contributed by atoms with Crippen LogP contribution in [0.25, 0.3) is 0 Å². The van der Waals surface area contributed by atoms with Gasteiger partial charge < -0.3 is 24.6 Å². The molecule has 7 heteroatoms. The molecule has 0 aromatic heterocycles. The van der Waals surface area contributed by atoms with E-state index in [4.69, 9.17) is 0 Å². The van der Waals surface area contributed by atoms with Crippen molar-refractivity contribution in [1.29, 1.82) is 0 Å². The highest BCUT2D eigenvalue weighted by Gasteiger charge is 2.30. The summed E-state index contributed by atoms with van der Waals surface area (Å²) >= 11 is 0. The molecular weight excluding hydrogens is 542 g/mol. The summed E-state index contributed by atoms with van der Waals surface area (Å²) in [6, 6.07) is 0. The van der Waals surface area contributed by atoms with Crippen LogP contribution < -0.4 is 5.11 Å². The summed E-state index contributed by atoms with van der Waals surface area (Å²) in [5.74, 6) is -4.30. The van der Waals surface area contributed by atoms with Crippen LogP contribution in [0.5, 0.6) is 0 Å². The van der Waals surface area contributed by atoms with Gasteiger partial charge in [0.15, 0.2) is 0 Å². The SMILES string of the molecule is CC/C=C/CCCCCCCCCCCCCCCCC[N+](CCC(C)C(=O)[O-])(CCC(C)C(=O)O)CCC(C)C(=O)O. The number of nitrogens with zero attached hydrogens (tertiary/aromatic N) is 1. The van der Waals surface area contributed by atoms with Crippen molar-refractivity contribution in [2.45, 2.75) is 156 Å². The lowest BCUT2D eigenvalue weighted by Gasteiger charge is -2.41. The lowest BCUT2D eigenvalue weighted by atomic mass is 10.0. The first-order valence-electron chi connectivity index (χ1n) is 17.7. The highest BCUT2D eigenvalue weighted by Crippen LogP contribution is 2.22. The number of aliphatic carboxylic acids is 3. The van der Waals surface area contributed by atoms with Gasteiger partial charge in [-0.1, -0.05) is 117 Å². The Morgan fingerprint density at radius 2 is 0.907 bits per heavy atom. The minimum absolute atomic E-state index is 0.447. The van der Waals surface area contributed by atoms with Gasteiger partial charge in [-0.3, -0.25) is 9.59 Å². The smallest absolute Gasteiger partial charge is 0.306 e. The number of quaternary nitrogens is 1. The Kier molecular flexibility index (Phi) is 25.3. The Morgan fingerprint density at radius 3 is 1.26 bits per heavy atom. The number of carbonyl (C=O) groups excluding carboxylic acids is 1. The summed E-state index contributed by atoms with van der Waals surface area (Å²) in [6.45, 7) is 9.92. The lowest BCUT2D eigenvalue weighted by Crippen LogP contribution is -2.52. The van der Waals surface area contributed by atoms with Crippen molar-refractivity contribution in [2.24, 2.45) is 17.8 Å². The number of carboxylic acids is 3. The maximum absolute atomic E-state index is 11.5. The van der Waals surface area contributed by atoms with Gasteiger partial charge in [-0.15, -0.1) is 0 Å². The summed E-state index contributed by atoms with van der Waals surface area (Å²) in [5, 5.41) is 30.3. The fraction of sp³-hybridized carbons (Fsp3) is 0.861. The molecule has 0 aromatic carbocycles. The molecule has 0 saturated carbocycles. The van der Waals surface area contributed by atoms with E-state index >= 15 is 0 Å². The molecular formula is C36H67NO6. The molecule has 252 valence electrons. The average Bonchev–Trinajstić information content (AvgIpc) is 2.97. The second kappa shape index (κ2) is 26.5. The number of carboxylic acid groups (broad SMARTS) is 3. The second-order valence-electron chi connectivity index (χ2n) is 13.3. The first-order chi connectivity index (χ1) is 20.5. The topological polar surface area (TPSA) is 115 Å². The number of unbranched alkanes of at least 4 members (excludes halogenated alkanes) is 15. The first-order valence-corrected chi connectivity index (χ1v) is 17.7. The van der Waals surface area contributed by atoms with Crippen LogP contribution in [0.3, 0.4) is 0 Å². The quantitative estimate of drug-likeness (QED) is 0.0467. The van der Waals surface area contributed by atoms with Gasteiger partial charge in [-0.25, -0.2) is 0 Å². The molecule has 0 saturated heterocycles. The lowest BCUT2D eigenvalue weighted by molar-refractivity contribution is -0.929. The number of carbonyl (C=O) groups is 3. The zero-order chi connectivity index (χ0) is 32.3. The molecule has 0 spiro atoms. The molecule has 0 bridgehead atoms. The standard InChI is InChI=1S/C36H67NO6/c1-5-6-7-8-9-10-11-12-13-14-15-16-17-18-19-20-21-22-23-27-37(28-24-31(2)34(38)39,29-25-32(3)35(40)41)30-26-33(4)36(42)43/h6-7,31-33H,5,8-30H2,1-4H3,(H2-,38,39,40,41,42,43)/b7-6+. The maximum atomic E-state index is 11.5. The Bertz CT molecular complexity index is 692. The Morgan fingerprint density at radius 1 is 0.558 bits per heavy atom. The summed E-state index contributed by atoms with van der Waals surface area (Å²) in [4.78, 5) is 34.4. The van der Waals surface area contributed by atoms with E-state index in [1.807, 2.05) is 0 Å². The number of hydrogen-bond donors (Lipinski definition) is 2. The molecule has 43 heavy (non-hydrogen) atoms. The van der Waals surface area contributed by atoms with E-state index in [1.54, 1.807) is 20.8 Å². The van der Waals surface area contributed by atoms with Crippen LogP contribution in [0, 0.1) is 17.8 Å². The highest BCUT2D eigenvalue weighted by molar-refractivity contribution is 5.69. The highest BCUT2D eigenvalue weighted by atomic mass is 16.4. The Hall–Kier alpha value is -1.89. The van der Waals surface area contributed by atoms with Gasteiger partial charge in [0.2, 0.25) is 0 Å². The van der Waals surface area contributed by atoms with Crippen LogP contribution in [0.4, 0.5) is 0 Å². The van der Waals surface area contributed by atoms with Crippen molar-refractivity contribution in [2.75, 3.05) is 26.2 Å². The molecule has 0 radical (unpaired) electrons. The Labute approximate surface area is 264 Å². The van der Waals surface area contributed by atoms with E-state index in [0.29, 0.717) is 43.4 Å². The van der Waals surface area contributed by atoms with Crippen LogP contribution >= 0.6 is 0 Å². The third kappa shape index (κ3) is 23.2. The molecule has 3 unspecified atom stereocenters. The Balaban J connectivity index is 4.42. The van der Waals surface area contributed by atoms with Gasteiger partial charge >= 0.3 is 11.9 Å². The zero-order valence-electron chi connectivity index (χ0n) is 28.3. The molecule has 0 fully saturated rings. The molecule has 7 nitrogen and oxygen atoms in total. The largest absolute Gasteiger partial charge is 0.550 e. The summed E-state index contributed by atoms with van der Waals surface area (Å²) in [5.41, 5.74) is 0. The molecule has 0 rings (SSSR count). The fourth-order valence-corrected chi connectivity index (χ4v) is 5.73. The summed E-state index contributed by atoms with van der Waals surface area (Å²) in [7, 11) is 0. The van der Waals surface area contributed by atoms with Crippen molar-refractivity contribution in [3.05, 3.63) is 12.2 Å². The third-order valence-corrected chi connectivity index (χ3v) is 9.26. The predicted octanol–water partition coefficient (Wildman–Crippen LogP) is 8.01. The van der Waals surface area contributed by atoms with Gasteiger partial charge in [0.1, 0.15) is 0 Å². The van der Waals surface area contributed by atoms with Crippen molar-refractivity contribution >= 4 is 17.9 Å². The maximum Gasteiger partial charge on any atom is 0.306 e. The van der Waals surface area contributed by atoms with E-state index in [0.717, 1.165) is 25.8 Å².